The predicted molar refractivity (Wildman–Crippen MR) is 67.3 cm³/mol. The van der Waals surface area contributed by atoms with Gasteiger partial charge in [-0.25, -0.2) is 8.42 Å². The van der Waals surface area contributed by atoms with E-state index in [-0.39, 0.29) is 35.3 Å². The normalized spacial score (nSPS) is 22.2. The molecule has 0 spiro atoms. The molecule has 0 aromatic heterocycles. The summed E-state index contributed by atoms with van der Waals surface area (Å²) in [6, 6.07) is -0.200. The smallest absolute Gasteiger partial charge is 0.224 e. The van der Waals surface area contributed by atoms with Gasteiger partial charge in [-0.05, 0) is 5.41 Å². The highest BCUT2D eigenvalue weighted by Crippen LogP contribution is 2.20. The Morgan fingerprint density at radius 1 is 1.29 bits per heavy atom. The largest absolute Gasteiger partial charge is 0.341 e. The van der Waals surface area contributed by atoms with Gasteiger partial charge in [0.2, 0.25) is 5.91 Å². The maximum Gasteiger partial charge on any atom is 0.224 e. The minimum atomic E-state index is -2.93. The van der Waals surface area contributed by atoms with E-state index in [0.717, 1.165) is 0 Å². The Bertz CT molecular complexity index is 370. The van der Waals surface area contributed by atoms with Gasteiger partial charge in [-0.3, -0.25) is 4.79 Å². The molecule has 0 bridgehead atoms. The summed E-state index contributed by atoms with van der Waals surface area (Å²) >= 11 is 0. The lowest BCUT2D eigenvalue weighted by molar-refractivity contribution is -0.131. The Morgan fingerprint density at radius 2 is 1.76 bits per heavy atom. The summed E-state index contributed by atoms with van der Waals surface area (Å²) in [5, 5.41) is 0. The number of rotatable bonds is 2. The molecule has 0 saturated carbocycles. The zero-order valence-corrected chi connectivity index (χ0v) is 11.6. The monoisotopic (exact) mass is 262 g/mol. The Hall–Kier alpha value is -0.620. The van der Waals surface area contributed by atoms with Gasteiger partial charge in [0.15, 0.2) is 9.84 Å². The van der Waals surface area contributed by atoms with Gasteiger partial charge in [-0.2, -0.15) is 0 Å². The number of carbonyl (C=O) groups is 1. The zero-order valence-electron chi connectivity index (χ0n) is 10.8. The van der Waals surface area contributed by atoms with E-state index in [2.05, 4.69) is 0 Å². The number of hydrogen-bond donors (Lipinski definition) is 1. The quantitative estimate of drug-likeness (QED) is 0.760. The molecule has 0 radical (unpaired) electrons. The van der Waals surface area contributed by atoms with Crippen LogP contribution in [-0.4, -0.2) is 49.9 Å². The van der Waals surface area contributed by atoms with Crippen LogP contribution >= 0.6 is 0 Å². The fourth-order valence-corrected chi connectivity index (χ4v) is 2.79. The van der Waals surface area contributed by atoms with Crippen LogP contribution < -0.4 is 5.73 Å². The third-order valence-electron chi connectivity index (χ3n) is 3.20. The van der Waals surface area contributed by atoms with Gasteiger partial charge in [-0.1, -0.05) is 20.8 Å². The van der Waals surface area contributed by atoms with Crippen molar-refractivity contribution in [2.24, 2.45) is 11.1 Å². The fourth-order valence-electron chi connectivity index (χ4n) is 1.59. The van der Waals surface area contributed by atoms with Gasteiger partial charge in [-0.15, -0.1) is 0 Å². The number of hydrogen-bond acceptors (Lipinski definition) is 4. The van der Waals surface area contributed by atoms with Crippen LogP contribution in [0.4, 0.5) is 0 Å². The second-order valence-electron chi connectivity index (χ2n) is 5.71. The van der Waals surface area contributed by atoms with Crippen molar-refractivity contribution in [3.8, 4) is 0 Å². The van der Waals surface area contributed by atoms with Crippen molar-refractivity contribution >= 4 is 15.7 Å². The lowest BCUT2D eigenvalue weighted by Gasteiger charge is -2.31. The SMILES string of the molecule is CC(C)(C)C(N)CC(=O)N1CCS(=O)(=O)CC1. The van der Waals surface area contributed by atoms with Crippen LogP contribution in [-0.2, 0) is 14.6 Å². The minimum absolute atomic E-state index is 0.0395. The highest BCUT2D eigenvalue weighted by molar-refractivity contribution is 7.91. The first kappa shape index (κ1) is 14.4. The summed E-state index contributed by atoms with van der Waals surface area (Å²) in [4.78, 5) is 13.5. The van der Waals surface area contributed by atoms with Gasteiger partial charge >= 0.3 is 0 Å². The summed E-state index contributed by atoms with van der Waals surface area (Å²) in [6.45, 7) is 6.58. The van der Waals surface area contributed by atoms with E-state index < -0.39 is 9.84 Å². The number of sulfone groups is 1. The molecule has 0 aromatic carbocycles. The lowest BCUT2D eigenvalue weighted by Crippen LogP contribution is -2.47. The average Bonchev–Trinajstić information content (AvgIpc) is 2.15. The Kier molecular flexibility index (Phi) is 4.19. The molecule has 2 N–H and O–H groups in total. The van der Waals surface area contributed by atoms with Gasteiger partial charge in [0.25, 0.3) is 0 Å². The molecule has 1 aliphatic rings. The predicted octanol–water partition coefficient (Wildman–Crippen LogP) is 0.00690. The number of nitrogens with zero attached hydrogens (tertiary/aromatic N) is 1. The Morgan fingerprint density at radius 3 is 2.18 bits per heavy atom. The van der Waals surface area contributed by atoms with E-state index in [9.17, 15) is 13.2 Å². The molecule has 1 heterocycles. The molecule has 1 rings (SSSR count). The second kappa shape index (κ2) is 4.94. The number of nitrogens with two attached hydrogens (primary N) is 1. The van der Waals surface area contributed by atoms with Crippen molar-refractivity contribution in [2.75, 3.05) is 24.6 Å². The first-order chi connectivity index (χ1) is 7.62. The van der Waals surface area contributed by atoms with Crippen molar-refractivity contribution in [3.63, 3.8) is 0 Å². The van der Waals surface area contributed by atoms with E-state index in [1.807, 2.05) is 20.8 Å². The minimum Gasteiger partial charge on any atom is -0.341 e. The van der Waals surface area contributed by atoms with Crippen LogP contribution in [0.5, 0.6) is 0 Å². The van der Waals surface area contributed by atoms with Crippen LogP contribution in [0.15, 0.2) is 0 Å². The van der Waals surface area contributed by atoms with Crippen LogP contribution in [0.3, 0.4) is 0 Å². The molecular weight excluding hydrogens is 240 g/mol. The van der Waals surface area contributed by atoms with E-state index >= 15 is 0 Å². The van der Waals surface area contributed by atoms with E-state index in [1.54, 1.807) is 4.90 Å². The molecule has 5 nitrogen and oxygen atoms in total. The number of carbonyl (C=O) groups excluding carboxylic acids is 1. The summed E-state index contributed by atoms with van der Waals surface area (Å²) < 4.78 is 22.5. The molecule has 1 amide bonds. The molecule has 1 aliphatic heterocycles. The van der Waals surface area contributed by atoms with Crippen LogP contribution in [0.1, 0.15) is 27.2 Å². The lowest BCUT2D eigenvalue weighted by atomic mass is 9.85. The van der Waals surface area contributed by atoms with Crippen molar-refractivity contribution in [3.05, 3.63) is 0 Å². The first-order valence-corrected chi connectivity index (χ1v) is 7.68. The molecule has 17 heavy (non-hydrogen) atoms. The maximum atomic E-state index is 11.9. The molecule has 6 heteroatoms. The highest BCUT2D eigenvalue weighted by Gasteiger charge is 2.29. The average molecular weight is 262 g/mol. The van der Waals surface area contributed by atoms with Crippen molar-refractivity contribution in [2.45, 2.75) is 33.2 Å². The summed E-state index contributed by atoms with van der Waals surface area (Å²) in [5.41, 5.74) is 5.83. The zero-order chi connectivity index (χ0) is 13.3. The Labute approximate surface area is 103 Å². The number of amides is 1. The molecule has 1 atom stereocenters. The highest BCUT2D eigenvalue weighted by atomic mass is 32.2. The summed E-state index contributed by atoms with van der Waals surface area (Å²) in [5.74, 6) is 0.106. The van der Waals surface area contributed by atoms with Gasteiger partial charge in [0.1, 0.15) is 0 Å². The van der Waals surface area contributed by atoms with E-state index in [1.165, 1.54) is 0 Å². The van der Waals surface area contributed by atoms with Crippen molar-refractivity contribution in [1.82, 2.24) is 4.90 Å². The van der Waals surface area contributed by atoms with Gasteiger partial charge in [0.05, 0.1) is 11.5 Å². The van der Waals surface area contributed by atoms with Crippen molar-refractivity contribution < 1.29 is 13.2 Å². The molecule has 1 unspecified atom stereocenters. The fraction of sp³-hybridized carbons (Fsp3) is 0.909. The summed E-state index contributed by atoms with van der Waals surface area (Å²) in [6.07, 6.45) is 0.281. The van der Waals surface area contributed by atoms with Crippen LogP contribution in [0.25, 0.3) is 0 Å². The third-order valence-corrected chi connectivity index (χ3v) is 4.81. The van der Waals surface area contributed by atoms with E-state index in [4.69, 9.17) is 5.73 Å². The maximum absolute atomic E-state index is 11.9. The molecule has 0 aliphatic carbocycles. The molecule has 1 saturated heterocycles. The molecule has 100 valence electrons. The van der Waals surface area contributed by atoms with E-state index in [0.29, 0.717) is 13.1 Å². The Balaban J connectivity index is 2.50. The van der Waals surface area contributed by atoms with Crippen molar-refractivity contribution in [1.29, 1.82) is 0 Å². The molecular formula is C11H22N2O3S. The topological polar surface area (TPSA) is 80.5 Å². The van der Waals surface area contributed by atoms with Gasteiger partial charge < -0.3 is 10.6 Å². The van der Waals surface area contributed by atoms with Crippen LogP contribution in [0, 0.1) is 5.41 Å². The summed E-state index contributed by atoms with van der Waals surface area (Å²) in [7, 11) is -2.93. The van der Waals surface area contributed by atoms with Crippen LogP contribution in [0.2, 0.25) is 0 Å². The molecule has 1 fully saturated rings. The first-order valence-electron chi connectivity index (χ1n) is 5.85. The second-order valence-corrected chi connectivity index (χ2v) is 8.01. The molecule has 0 aromatic rings. The standard InChI is InChI=1S/C11H22N2O3S/c1-11(2,3)9(12)8-10(14)13-4-6-17(15,16)7-5-13/h9H,4-8,12H2,1-3H3. The third kappa shape index (κ3) is 4.27. The van der Waals surface area contributed by atoms with Gasteiger partial charge in [0, 0.05) is 25.6 Å².